The van der Waals surface area contributed by atoms with Gasteiger partial charge in [0.1, 0.15) is 0 Å². The Balaban J connectivity index is 3.66. The number of ether oxygens (including phenoxy) is 1. The Hall–Kier alpha value is -0.770. The highest BCUT2D eigenvalue weighted by molar-refractivity contribution is 5.79. The van der Waals surface area contributed by atoms with Crippen molar-refractivity contribution >= 4 is 5.96 Å². The molecule has 4 heteroatoms. The van der Waals surface area contributed by atoms with Crippen LogP contribution in [0.5, 0.6) is 0 Å². The third-order valence-electron chi connectivity index (χ3n) is 2.28. The molecule has 0 aliphatic rings. The summed E-state index contributed by atoms with van der Waals surface area (Å²) in [4.78, 5) is 4.52. The van der Waals surface area contributed by atoms with E-state index in [1.54, 1.807) is 7.11 Å². The van der Waals surface area contributed by atoms with Gasteiger partial charge < -0.3 is 15.4 Å². The molecular weight excluding hydrogens is 214 g/mol. The third kappa shape index (κ3) is 11.5. The average molecular weight is 243 g/mol. The summed E-state index contributed by atoms with van der Waals surface area (Å²) < 4.78 is 5.02. The van der Waals surface area contributed by atoms with Crippen molar-refractivity contribution in [2.75, 3.05) is 33.4 Å². The van der Waals surface area contributed by atoms with E-state index in [1.807, 2.05) is 0 Å². The molecule has 102 valence electrons. The lowest BCUT2D eigenvalue weighted by Crippen LogP contribution is -2.38. The molecule has 0 aliphatic carbocycles. The van der Waals surface area contributed by atoms with E-state index >= 15 is 0 Å². The standard InChI is InChI=1S/C13H29N3O/c1-5-14-13(16-11-12(2)3)15-9-7-6-8-10-17-4/h12H,5-11H2,1-4H3,(H2,14,15,16). The largest absolute Gasteiger partial charge is 0.385 e. The molecule has 0 rings (SSSR count). The molecule has 0 fully saturated rings. The van der Waals surface area contributed by atoms with Crippen molar-refractivity contribution in [3.05, 3.63) is 0 Å². The molecule has 0 heterocycles. The van der Waals surface area contributed by atoms with Gasteiger partial charge in [-0.05, 0) is 32.1 Å². The van der Waals surface area contributed by atoms with Gasteiger partial charge in [0.05, 0.1) is 0 Å². The number of unbranched alkanes of at least 4 members (excludes halogenated alkanes) is 2. The molecule has 0 aromatic carbocycles. The lowest BCUT2D eigenvalue weighted by atomic mass is 10.2. The Morgan fingerprint density at radius 2 is 1.94 bits per heavy atom. The van der Waals surface area contributed by atoms with Crippen LogP contribution >= 0.6 is 0 Å². The van der Waals surface area contributed by atoms with E-state index in [0.29, 0.717) is 5.92 Å². The van der Waals surface area contributed by atoms with Crippen LogP contribution in [-0.2, 0) is 4.74 Å². The highest BCUT2D eigenvalue weighted by Gasteiger charge is 1.97. The first-order valence-electron chi connectivity index (χ1n) is 6.71. The number of methoxy groups -OCH3 is 1. The third-order valence-corrected chi connectivity index (χ3v) is 2.28. The topological polar surface area (TPSA) is 45.7 Å². The molecule has 0 saturated carbocycles. The van der Waals surface area contributed by atoms with E-state index in [2.05, 4.69) is 36.4 Å². The van der Waals surface area contributed by atoms with Crippen LogP contribution in [0.15, 0.2) is 4.99 Å². The zero-order valence-corrected chi connectivity index (χ0v) is 11.9. The fourth-order valence-corrected chi connectivity index (χ4v) is 1.37. The second kappa shape index (κ2) is 11.7. The lowest BCUT2D eigenvalue weighted by Gasteiger charge is -2.11. The fraction of sp³-hybridized carbons (Fsp3) is 0.923. The Morgan fingerprint density at radius 3 is 2.53 bits per heavy atom. The highest BCUT2D eigenvalue weighted by atomic mass is 16.5. The number of nitrogens with one attached hydrogen (secondary N) is 2. The number of hydrogen-bond donors (Lipinski definition) is 2. The van der Waals surface area contributed by atoms with Crippen molar-refractivity contribution in [1.82, 2.24) is 10.6 Å². The van der Waals surface area contributed by atoms with Crippen molar-refractivity contribution in [1.29, 1.82) is 0 Å². The first kappa shape index (κ1) is 16.2. The Labute approximate surface area is 106 Å². The molecular formula is C13H29N3O. The van der Waals surface area contributed by atoms with Crippen molar-refractivity contribution in [3.63, 3.8) is 0 Å². The van der Waals surface area contributed by atoms with Crippen molar-refractivity contribution in [3.8, 4) is 0 Å². The van der Waals surface area contributed by atoms with Crippen LogP contribution in [0.4, 0.5) is 0 Å². The Morgan fingerprint density at radius 1 is 1.18 bits per heavy atom. The molecule has 0 bridgehead atoms. The van der Waals surface area contributed by atoms with E-state index in [0.717, 1.165) is 45.0 Å². The molecule has 17 heavy (non-hydrogen) atoms. The van der Waals surface area contributed by atoms with Crippen molar-refractivity contribution < 1.29 is 4.74 Å². The van der Waals surface area contributed by atoms with Crippen LogP contribution in [0, 0.1) is 5.92 Å². The quantitative estimate of drug-likeness (QED) is 0.370. The maximum absolute atomic E-state index is 5.02. The SMILES string of the molecule is CCNC(=NCC(C)C)NCCCCCOC. The number of hydrogen-bond acceptors (Lipinski definition) is 2. The number of rotatable bonds is 9. The molecule has 0 unspecified atom stereocenters. The van der Waals surface area contributed by atoms with E-state index in [4.69, 9.17) is 4.74 Å². The molecule has 0 aromatic rings. The summed E-state index contributed by atoms with van der Waals surface area (Å²) in [5, 5.41) is 6.61. The van der Waals surface area contributed by atoms with Gasteiger partial charge in [-0.25, -0.2) is 0 Å². The maximum Gasteiger partial charge on any atom is 0.191 e. The zero-order chi connectivity index (χ0) is 12.9. The van der Waals surface area contributed by atoms with Crippen LogP contribution in [0.3, 0.4) is 0 Å². The van der Waals surface area contributed by atoms with Crippen molar-refractivity contribution in [2.24, 2.45) is 10.9 Å². The van der Waals surface area contributed by atoms with Crippen LogP contribution in [0.2, 0.25) is 0 Å². The van der Waals surface area contributed by atoms with Crippen LogP contribution < -0.4 is 10.6 Å². The van der Waals surface area contributed by atoms with E-state index in [-0.39, 0.29) is 0 Å². The second-order valence-corrected chi connectivity index (χ2v) is 4.59. The van der Waals surface area contributed by atoms with Crippen LogP contribution in [0.25, 0.3) is 0 Å². The minimum atomic E-state index is 0.604. The number of nitrogens with zero attached hydrogens (tertiary/aromatic N) is 1. The molecule has 4 nitrogen and oxygen atoms in total. The summed E-state index contributed by atoms with van der Waals surface area (Å²) >= 11 is 0. The van der Waals surface area contributed by atoms with Crippen LogP contribution in [0.1, 0.15) is 40.0 Å². The predicted octanol–water partition coefficient (Wildman–Crippen LogP) is 2.01. The average Bonchev–Trinajstić information content (AvgIpc) is 2.30. The predicted molar refractivity (Wildman–Crippen MR) is 74.5 cm³/mol. The van der Waals surface area contributed by atoms with Gasteiger partial charge in [0.15, 0.2) is 5.96 Å². The van der Waals surface area contributed by atoms with Gasteiger partial charge in [0, 0.05) is 33.4 Å². The van der Waals surface area contributed by atoms with Crippen LogP contribution in [-0.4, -0.2) is 39.3 Å². The number of aliphatic imine (C=N–C) groups is 1. The first-order valence-corrected chi connectivity index (χ1v) is 6.71. The molecule has 0 aliphatic heterocycles. The lowest BCUT2D eigenvalue weighted by molar-refractivity contribution is 0.192. The molecule has 0 aromatic heterocycles. The molecule has 0 amide bonds. The Bertz CT molecular complexity index is 193. The molecule has 2 N–H and O–H groups in total. The minimum absolute atomic E-state index is 0.604. The number of guanidine groups is 1. The summed E-state index contributed by atoms with van der Waals surface area (Å²) in [5.41, 5.74) is 0. The highest BCUT2D eigenvalue weighted by Crippen LogP contribution is 1.94. The minimum Gasteiger partial charge on any atom is -0.385 e. The van der Waals surface area contributed by atoms with Gasteiger partial charge in [0.25, 0.3) is 0 Å². The smallest absolute Gasteiger partial charge is 0.191 e. The molecule has 0 atom stereocenters. The summed E-state index contributed by atoms with van der Waals surface area (Å²) in [5.74, 6) is 1.54. The van der Waals surface area contributed by atoms with Gasteiger partial charge in [-0.1, -0.05) is 13.8 Å². The second-order valence-electron chi connectivity index (χ2n) is 4.59. The zero-order valence-electron chi connectivity index (χ0n) is 11.9. The van der Waals surface area contributed by atoms with Gasteiger partial charge in [-0.3, -0.25) is 4.99 Å². The monoisotopic (exact) mass is 243 g/mol. The van der Waals surface area contributed by atoms with Gasteiger partial charge in [-0.15, -0.1) is 0 Å². The summed E-state index contributed by atoms with van der Waals surface area (Å²) in [6.07, 6.45) is 3.50. The van der Waals surface area contributed by atoms with Gasteiger partial charge in [-0.2, -0.15) is 0 Å². The first-order chi connectivity index (χ1) is 8.20. The fourth-order valence-electron chi connectivity index (χ4n) is 1.37. The molecule has 0 spiro atoms. The van der Waals surface area contributed by atoms with E-state index < -0.39 is 0 Å². The van der Waals surface area contributed by atoms with Gasteiger partial charge >= 0.3 is 0 Å². The molecule has 0 radical (unpaired) electrons. The van der Waals surface area contributed by atoms with E-state index in [9.17, 15) is 0 Å². The van der Waals surface area contributed by atoms with Crippen molar-refractivity contribution in [2.45, 2.75) is 40.0 Å². The normalized spacial score (nSPS) is 11.9. The maximum atomic E-state index is 5.02. The van der Waals surface area contributed by atoms with E-state index in [1.165, 1.54) is 6.42 Å². The Kier molecular flexibility index (Phi) is 11.2. The summed E-state index contributed by atoms with van der Waals surface area (Å²) in [6, 6.07) is 0. The molecule has 0 saturated heterocycles. The summed E-state index contributed by atoms with van der Waals surface area (Å²) in [7, 11) is 1.75. The van der Waals surface area contributed by atoms with Gasteiger partial charge in [0.2, 0.25) is 0 Å². The summed E-state index contributed by atoms with van der Waals surface area (Å²) in [6.45, 7) is 10.1.